The zero-order chi connectivity index (χ0) is 13.0. The SMILES string of the molecule is CC(Cc1ccccc1O)C(C)OC1CCCC1. The summed E-state index contributed by atoms with van der Waals surface area (Å²) >= 11 is 0. The van der Waals surface area contributed by atoms with Crippen LogP contribution in [0.2, 0.25) is 0 Å². The van der Waals surface area contributed by atoms with E-state index in [0.29, 0.717) is 17.8 Å². The Morgan fingerprint density at radius 1 is 1.22 bits per heavy atom. The summed E-state index contributed by atoms with van der Waals surface area (Å²) in [5, 5.41) is 9.78. The van der Waals surface area contributed by atoms with Crippen molar-refractivity contribution < 1.29 is 9.84 Å². The maximum atomic E-state index is 9.78. The first-order valence-corrected chi connectivity index (χ1v) is 7.09. The summed E-state index contributed by atoms with van der Waals surface area (Å²) in [4.78, 5) is 0. The highest BCUT2D eigenvalue weighted by atomic mass is 16.5. The van der Waals surface area contributed by atoms with Crippen LogP contribution in [0.4, 0.5) is 0 Å². The normalized spacial score (nSPS) is 19.9. The molecule has 1 N–H and O–H groups in total. The number of phenolic OH excluding ortho intramolecular Hbond substituents is 1. The van der Waals surface area contributed by atoms with Crippen molar-refractivity contribution in [3.05, 3.63) is 29.8 Å². The van der Waals surface area contributed by atoms with Gasteiger partial charge in [-0.3, -0.25) is 0 Å². The molecule has 1 aromatic carbocycles. The van der Waals surface area contributed by atoms with E-state index in [1.165, 1.54) is 25.7 Å². The maximum Gasteiger partial charge on any atom is 0.118 e. The van der Waals surface area contributed by atoms with Crippen molar-refractivity contribution in [2.24, 2.45) is 5.92 Å². The van der Waals surface area contributed by atoms with Crippen LogP contribution in [0.1, 0.15) is 45.1 Å². The molecule has 1 fully saturated rings. The van der Waals surface area contributed by atoms with Crippen LogP contribution in [0.3, 0.4) is 0 Å². The van der Waals surface area contributed by atoms with E-state index in [9.17, 15) is 5.11 Å². The molecule has 2 heteroatoms. The molecule has 0 heterocycles. The summed E-state index contributed by atoms with van der Waals surface area (Å²) in [5.41, 5.74) is 1.02. The molecule has 0 saturated heterocycles. The largest absolute Gasteiger partial charge is 0.508 e. The number of hydrogen-bond donors (Lipinski definition) is 1. The molecule has 0 aromatic heterocycles. The van der Waals surface area contributed by atoms with Gasteiger partial charge in [-0.25, -0.2) is 0 Å². The smallest absolute Gasteiger partial charge is 0.118 e. The number of para-hydroxylation sites is 1. The fraction of sp³-hybridized carbons (Fsp3) is 0.625. The molecule has 2 nitrogen and oxygen atoms in total. The monoisotopic (exact) mass is 248 g/mol. The van der Waals surface area contributed by atoms with Gasteiger partial charge in [-0.2, -0.15) is 0 Å². The third-order valence-electron chi connectivity index (χ3n) is 4.04. The van der Waals surface area contributed by atoms with Gasteiger partial charge in [0.2, 0.25) is 0 Å². The first-order valence-electron chi connectivity index (χ1n) is 7.09. The molecule has 0 radical (unpaired) electrons. The Morgan fingerprint density at radius 3 is 2.56 bits per heavy atom. The maximum absolute atomic E-state index is 9.78. The summed E-state index contributed by atoms with van der Waals surface area (Å²) in [7, 11) is 0. The third-order valence-corrected chi connectivity index (χ3v) is 4.04. The van der Waals surface area contributed by atoms with E-state index in [-0.39, 0.29) is 6.10 Å². The first-order chi connectivity index (χ1) is 8.66. The van der Waals surface area contributed by atoms with Gasteiger partial charge >= 0.3 is 0 Å². The van der Waals surface area contributed by atoms with Crippen LogP contribution < -0.4 is 0 Å². The molecule has 2 atom stereocenters. The second-order valence-electron chi connectivity index (χ2n) is 5.56. The number of hydrogen-bond acceptors (Lipinski definition) is 2. The van der Waals surface area contributed by atoms with Crippen molar-refractivity contribution in [3.63, 3.8) is 0 Å². The number of benzene rings is 1. The van der Waals surface area contributed by atoms with Crippen molar-refractivity contribution in [1.82, 2.24) is 0 Å². The first kappa shape index (κ1) is 13.4. The Kier molecular flexibility index (Phi) is 4.65. The number of aromatic hydroxyl groups is 1. The Labute approximate surface area is 110 Å². The lowest BCUT2D eigenvalue weighted by atomic mass is 9.96. The second-order valence-corrected chi connectivity index (χ2v) is 5.56. The van der Waals surface area contributed by atoms with Crippen LogP contribution in [0.15, 0.2) is 24.3 Å². The molecule has 1 aliphatic rings. The van der Waals surface area contributed by atoms with E-state index in [4.69, 9.17) is 4.74 Å². The van der Waals surface area contributed by atoms with Gasteiger partial charge in [0.1, 0.15) is 5.75 Å². The molecule has 1 aliphatic carbocycles. The van der Waals surface area contributed by atoms with Crippen LogP contribution in [0.25, 0.3) is 0 Å². The van der Waals surface area contributed by atoms with Gasteiger partial charge < -0.3 is 9.84 Å². The van der Waals surface area contributed by atoms with E-state index in [1.54, 1.807) is 6.07 Å². The molecule has 0 bridgehead atoms. The van der Waals surface area contributed by atoms with Crippen molar-refractivity contribution in [2.75, 3.05) is 0 Å². The zero-order valence-corrected chi connectivity index (χ0v) is 11.4. The van der Waals surface area contributed by atoms with Crippen LogP contribution in [-0.2, 0) is 11.2 Å². The summed E-state index contributed by atoms with van der Waals surface area (Å²) in [6, 6.07) is 7.59. The minimum atomic E-state index is 0.257. The summed E-state index contributed by atoms with van der Waals surface area (Å²) in [5.74, 6) is 0.830. The molecule has 18 heavy (non-hydrogen) atoms. The molecule has 0 amide bonds. The van der Waals surface area contributed by atoms with Crippen molar-refractivity contribution in [3.8, 4) is 5.75 Å². The fourth-order valence-corrected chi connectivity index (χ4v) is 2.66. The van der Waals surface area contributed by atoms with Gasteiger partial charge in [0.25, 0.3) is 0 Å². The van der Waals surface area contributed by atoms with Gasteiger partial charge in [0.05, 0.1) is 12.2 Å². The van der Waals surface area contributed by atoms with E-state index in [2.05, 4.69) is 13.8 Å². The van der Waals surface area contributed by atoms with Gasteiger partial charge in [0, 0.05) is 0 Å². The second kappa shape index (κ2) is 6.24. The molecular formula is C16H24O2. The van der Waals surface area contributed by atoms with Gasteiger partial charge in [-0.15, -0.1) is 0 Å². The average Bonchev–Trinajstić information content (AvgIpc) is 2.84. The Balaban J connectivity index is 1.86. The predicted octanol–water partition coefficient (Wildman–Crippen LogP) is 3.92. The van der Waals surface area contributed by atoms with Crippen LogP contribution in [0, 0.1) is 5.92 Å². The molecule has 0 spiro atoms. The highest BCUT2D eigenvalue weighted by Crippen LogP contribution is 2.26. The van der Waals surface area contributed by atoms with Crippen molar-refractivity contribution in [2.45, 2.75) is 58.2 Å². The van der Waals surface area contributed by atoms with Crippen LogP contribution in [0.5, 0.6) is 5.75 Å². The fourth-order valence-electron chi connectivity index (χ4n) is 2.66. The third kappa shape index (κ3) is 3.49. The standard InChI is InChI=1S/C16H24O2/c1-12(11-14-7-3-6-10-16(14)17)13(2)18-15-8-4-5-9-15/h3,6-7,10,12-13,15,17H,4-5,8-9,11H2,1-2H3. The lowest BCUT2D eigenvalue weighted by Crippen LogP contribution is -2.25. The quantitative estimate of drug-likeness (QED) is 0.855. The van der Waals surface area contributed by atoms with Gasteiger partial charge in [0.15, 0.2) is 0 Å². The summed E-state index contributed by atoms with van der Waals surface area (Å²) in [6.07, 6.45) is 6.65. The minimum Gasteiger partial charge on any atom is -0.508 e. The minimum absolute atomic E-state index is 0.257. The highest BCUT2D eigenvalue weighted by Gasteiger charge is 2.22. The highest BCUT2D eigenvalue weighted by molar-refractivity contribution is 5.32. The predicted molar refractivity (Wildman–Crippen MR) is 73.8 cm³/mol. The molecule has 2 unspecified atom stereocenters. The zero-order valence-electron chi connectivity index (χ0n) is 11.4. The van der Waals surface area contributed by atoms with Gasteiger partial charge in [-0.05, 0) is 43.7 Å². The Morgan fingerprint density at radius 2 is 1.89 bits per heavy atom. The van der Waals surface area contributed by atoms with Crippen LogP contribution >= 0.6 is 0 Å². The van der Waals surface area contributed by atoms with Crippen LogP contribution in [-0.4, -0.2) is 17.3 Å². The Hall–Kier alpha value is -1.02. The lowest BCUT2D eigenvalue weighted by Gasteiger charge is -2.24. The van der Waals surface area contributed by atoms with E-state index in [1.807, 2.05) is 18.2 Å². The van der Waals surface area contributed by atoms with E-state index >= 15 is 0 Å². The van der Waals surface area contributed by atoms with E-state index < -0.39 is 0 Å². The molecule has 1 aromatic rings. The molecule has 1 saturated carbocycles. The molecular weight excluding hydrogens is 224 g/mol. The molecule has 100 valence electrons. The molecule has 2 rings (SSSR count). The van der Waals surface area contributed by atoms with Gasteiger partial charge in [-0.1, -0.05) is 38.0 Å². The van der Waals surface area contributed by atoms with Crippen molar-refractivity contribution in [1.29, 1.82) is 0 Å². The summed E-state index contributed by atoms with van der Waals surface area (Å²) < 4.78 is 6.10. The number of ether oxygens (including phenoxy) is 1. The van der Waals surface area contributed by atoms with E-state index in [0.717, 1.165) is 12.0 Å². The number of rotatable bonds is 5. The Bertz CT molecular complexity index is 369. The lowest BCUT2D eigenvalue weighted by molar-refractivity contribution is -0.0249. The van der Waals surface area contributed by atoms with Crippen molar-refractivity contribution >= 4 is 0 Å². The average molecular weight is 248 g/mol. The summed E-state index contributed by atoms with van der Waals surface area (Å²) in [6.45, 7) is 4.36. The topological polar surface area (TPSA) is 29.5 Å². The number of phenols is 1. The molecule has 0 aliphatic heterocycles.